The lowest BCUT2D eigenvalue weighted by atomic mass is 10.1. The third kappa shape index (κ3) is 4.54. The zero-order valence-corrected chi connectivity index (χ0v) is 14.4. The van der Waals surface area contributed by atoms with E-state index in [-0.39, 0.29) is 35.8 Å². The van der Waals surface area contributed by atoms with Crippen LogP contribution in [0.2, 0.25) is 0 Å². The van der Waals surface area contributed by atoms with Gasteiger partial charge in [-0.15, -0.1) is 19.0 Å². The molecule has 0 spiro atoms. The third-order valence-electron chi connectivity index (χ3n) is 3.72. The first kappa shape index (κ1) is 19.6. The van der Waals surface area contributed by atoms with Crippen LogP contribution in [0.15, 0.2) is 41.8 Å². The average Bonchev–Trinajstić information content (AvgIpc) is 3.01. The van der Waals surface area contributed by atoms with Gasteiger partial charge in [0, 0.05) is 31.2 Å². The summed E-state index contributed by atoms with van der Waals surface area (Å²) in [6.07, 6.45) is 3.27. The van der Waals surface area contributed by atoms with E-state index in [2.05, 4.69) is 11.3 Å². The number of likely N-dealkylation sites (tertiary alicyclic amines) is 1. The van der Waals surface area contributed by atoms with Gasteiger partial charge >= 0.3 is 0 Å². The molecule has 1 amide bonds. The lowest BCUT2D eigenvalue weighted by molar-refractivity contribution is 0.0741. The lowest BCUT2D eigenvalue weighted by Gasteiger charge is -2.23. The highest BCUT2D eigenvalue weighted by atomic mass is 35.5. The molecule has 2 rings (SSSR count). The topological polar surface area (TPSA) is 92.5 Å². The van der Waals surface area contributed by atoms with E-state index in [1.54, 1.807) is 17.0 Å². The largest absolute Gasteiger partial charge is 0.334 e. The Kier molecular flexibility index (Phi) is 7.21. The maximum atomic E-state index is 12.5. The summed E-state index contributed by atoms with van der Waals surface area (Å²) in [4.78, 5) is 14.3. The van der Waals surface area contributed by atoms with Gasteiger partial charge < -0.3 is 10.6 Å². The van der Waals surface area contributed by atoms with E-state index in [0.29, 0.717) is 18.7 Å². The molecule has 128 valence electrons. The van der Waals surface area contributed by atoms with Crippen molar-refractivity contribution in [1.82, 2.24) is 9.62 Å². The first-order valence-corrected chi connectivity index (χ1v) is 8.69. The number of hydrogen-bond donors (Lipinski definition) is 2. The molecule has 1 aliphatic heterocycles. The van der Waals surface area contributed by atoms with Crippen molar-refractivity contribution in [3.8, 4) is 0 Å². The number of nitrogens with zero attached hydrogens (tertiary/aromatic N) is 1. The number of nitrogens with two attached hydrogens (primary N) is 1. The maximum absolute atomic E-state index is 12.5. The minimum absolute atomic E-state index is 0. The summed E-state index contributed by atoms with van der Waals surface area (Å²) in [6.45, 7) is 4.69. The molecule has 3 N–H and O–H groups in total. The summed E-state index contributed by atoms with van der Waals surface area (Å²) in [6, 6.07) is 6.10. The summed E-state index contributed by atoms with van der Waals surface area (Å²) in [7, 11) is -3.64. The van der Waals surface area contributed by atoms with Crippen LogP contribution in [0.5, 0.6) is 0 Å². The van der Waals surface area contributed by atoms with Crippen LogP contribution < -0.4 is 10.5 Å². The van der Waals surface area contributed by atoms with Gasteiger partial charge in [0.2, 0.25) is 10.0 Å². The van der Waals surface area contributed by atoms with Crippen LogP contribution in [0.3, 0.4) is 0 Å². The number of hydrogen-bond acceptors (Lipinski definition) is 4. The third-order valence-corrected chi connectivity index (χ3v) is 5.14. The van der Waals surface area contributed by atoms with Crippen LogP contribution >= 0.6 is 12.4 Å². The van der Waals surface area contributed by atoms with E-state index in [0.717, 1.165) is 12.8 Å². The number of sulfonamides is 1. The van der Waals surface area contributed by atoms with Crippen molar-refractivity contribution in [2.45, 2.75) is 23.8 Å². The highest BCUT2D eigenvalue weighted by Crippen LogP contribution is 2.20. The maximum Gasteiger partial charge on any atom is 0.254 e. The molecule has 23 heavy (non-hydrogen) atoms. The Bertz CT molecular complexity index is 664. The lowest BCUT2D eigenvalue weighted by Crippen LogP contribution is -2.40. The molecule has 1 aliphatic rings. The van der Waals surface area contributed by atoms with Crippen LogP contribution in [0, 0.1) is 0 Å². The monoisotopic (exact) mass is 359 g/mol. The van der Waals surface area contributed by atoms with E-state index in [1.165, 1.54) is 18.2 Å². The molecule has 0 radical (unpaired) electrons. The Morgan fingerprint density at radius 2 is 2.22 bits per heavy atom. The molecule has 1 heterocycles. The van der Waals surface area contributed by atoms with Crippen LogP contribution in [0.1, 0.15) is 23.2 Å². The van der Waals surface area contributed by atoms with Gasteiger partial charge in [-0.25, -0.2) is 13.1 Å². The first-order chi connectivity index (χ1) is 10.5. The molecule has 1 fully saturated rings. The molecule has 0 aliphatic carbocycles. The van der Waals surface area contributed by atoms with Gasteiger partial charge in [0.15, 0.2) is 0 Å². The smallest absolute Gasteiger partial charge is 0.254 e. The summed E-state index contributed by atoms with van der Waals surface area (Å²) in [5.74, 6) is -0.172. The van der Waals surface area contributed by atoms with Crippen LogP contribution in [0.4, 0.5) is 0 Å². The zero-order chi connectivity index (χ0) is 16.2. The summed E-state index contributed by atoms with van der Waals surface area (Å²) >= 11 is 0. The molecule has 1 unspecified atom stereocenters. The first-order valence-electron chi connectivity index (χ1n) is 7.21. The second-order valence-corrected chi connectivity index (χ2v) is 6.97. The van der Waals surface area contributed by atoms with Gasteiger partial charge in [0.05, 0.1) is 4.90 Å². The number of halogens is 1. The van der Waals surface area contributed by atoms with Gasteiger partial charge in [0.1, 0.15) is 0 Å². The van der Waals surface area contributed by atoms with Gasteiger partial charge in [-0.05, 0) is 31.0 Å². The minimum Gasteiger partial charge on any atom is -0.334 e. The number of carbonyl (C=O) groups excluding carboxylic acids is 1. The average molecular weight is 360 g/mol. The normalized spacial score (nSPS) is 17.6. The fraction of sp³-hybridized carbons (Fsp3) is 0.400. The van der Waals surface area contributed by atoms with E-state index in [1.807, 2.05) is 0 Å². The van der Waals surface area contributed by atoms with Gasteiger partial charge in [-0.1, -0.05) is 12.1 Å². The van der Waals surface area contributed by atoms with Crippen molar-refractivity contribution in [3.05, 3.63) is 42.5 Å². The van der Waals surface area contributed by atoms with Gasteiger partial charge in [-0.2, -0.15) is 0 Å². The molecule has 1 aromatic carbocycles. The number of benzene rings is 1. The van der Waals surface area contributed by atoms with E-state index in [4.69, 9.17) is 5.73 Å². The van der Waals surface area contributed by atoms with Gasteiger partial charge in [0.25, 0.3) is 5.91 Å². The summed E-state index contributed by atoms with van der Waals surface area (Å²) < 4.78 is 26.6. The van der Waals surface area contributed by atoms with Crippen molar-refractivity contribution in [2.75, 3.05) is 19.6 Å². The fourth-order valence-electron chi connectivity index (χ4n) is 2.56. The second kappa shape index (κ2) is 8.44. The minimum atomic E-state index is -3.64. The molecule has 6 nitrogen and oxygen atoms in total. The van der Waals surface area contributed by atoms with E-state index >= 15 is 0 Å². The SMILES string of the molecule is C=CCNS(=O)(=O)c1cccc(C(=O)N2CCCC2CN)c1.Cl. The summed E-state index contributed by atoms with van der Waals surface area (Å²) in [5.41, 5.74) is 6.05. The quantitative estimate of drug-likeness (QED) is 0.745. The molecule has 1 aromatic rings. The Hall–Kier alpha value is -1.41. The number of rotatable bonds is 6. The summed E-state index contributed by atoms with van der Waals surface area (Å²) in [5, 5.41) is 0. The van der Waals surface area contributed by atoms with Crippen molar-refractivity contribution >= 4 is 28.3 Å². The van der Waals surface area contributed by atoms with Gasteiger partial charge in [-0.3, -0.25) is 4.79 Å². The molecule has 0 saturated carbocycles. The van der Waals surface area contributed by atoms with Crippen molar-refractivity contribution in [2.24, 2.45) is 5.73 Å². The van der Waals surface area contributed by atoms with Crippen molar-refractivity contribution in [1.29, 1.82) is 0 Å². The standard InChI is InChI=1S/C15H21N3O3S.ClH/c1-2-8-17-22(20,21)14-7-3-5-12(10-14)15(19)18-9-4-6-13(18)11-16;/h2-3,5,7,10,13,17H,1,4,6,8-9,11,16H2;1H. The number of carbonyl (C=O) groups is 1. The Balaban J connectivity index is 0.00000264. The Labute approximate surface area is 143 Å². The number of amides is 1. The molecular weight excluding hydrogens is 338 g/mol. The van der Waals surface area contributed by atoms with Crippen molar-refractivity contribution in [3.63, 3.8) is 0 Å². The molecule has 1 saturated heterocycles. The van der Waals surface area contributed by atoms with E-state index < -0.39 is 10.0 Å². The molecule has 0 bridgehead atoms. The predicted octanol–water partition coefficient (Wildman–Crippen LogP) is 1.14. The second-order valence-electron chi connectivity index (χ2n) is 5.20. The molecule has 1 atom stereocenters. The molecule has 0 aromatic heterocycles. The predicted molar refractivity (Wildman–Crippen MR) is 92.2 cm³/mol. The van der Waals surface area contributed by atoms with E-state index in [9.17, 15) is 13.2 Å². The zero-order valence-electron chi connectivity index (χ0n) is 12.8. The van der Waals surface area contributed by atoms with Crippen LogP contribution in [-0.4, -0.2) is 44.9 Å². The Morgan fingerprint density at radius 3 is 2.87 bits per heavy atom. The fourth-order valence-corrected chi connectivity index (χ4v) is 3.61. The number of nitrogens with one attached hydrogen (secondary N) is 1. The van der Waals surface area contributed by atoms with Crippen LogP contribution in [0.25, 0.3) is 0 Å². The Morgan fingerprint density at radius 1 is 1.48 bits per heavy atom. The van der Waals surface area contributed by atoms with Crippen LogP contribution in [-0.2, 0) is 10.0 Å². The highest BCUT2D eigenvalue weighted by Gasteiger charge is 2.28. The van der Waals surface area contributed by atoms with Crippen molar-refractivity contribution < 1.29 is 13.2 Å². The molecule has 8 heteroatoms. The highest BCUT2D eigenvalue weighted by molar-refractivity contribution is 7.89. The molecular formula is C15H22ClN3O3S.